The van der Waals surface area contributed by atoms with Crippen LogP contribution in [0.1, 0.15) is 32.1 Å². The number of nitrogens with one attached hydrogen (secondary N) is 1. The van der Waals surface area contributed by atoms with Gasteiger partial charge in [0, 0.05) is 25.7 Å². The molecule has 0 aromatic heterocycles. The summed E-state index contributed by atoms with van der Waals surface area (Å²) in [6, 6.07) is 0.523. The summed E-state index contributed by atoms with van der Waals surface area (Å²) in [5.74, 6) is 0.502. The van der Waals surface area contributed by atoms with Crippen molar-refractivity contribution in [3.8, 4) is 0 Å². The van der Waals surface area contributed by atoms with E-state index in [9.17, 15) is 4.79 Å². The van der Waals surface area contributed by atoms with E-state index in [2.05, 4.69) is 5.32 Å². The lowest BCUT2D eigenvalue weighted by Crippen LogP contribution is -2.46. The second kappa shape index (κ2) is 4.84. The maximum absolute atomic E-state index is 11.8. The first-order chi connectivity index (χ1) is 7.29. The molecular weight excluding hydrogens is 192 g/mol. The molecule has 1 aliphatic heterocycles. The minimum absolute atomic E-state index is 0.0974. The molecule has 0 bridgehead atoms. The van der Waals surface area contributed by atoms with Crippen molar-refractivity contribution in [2.45, 2.75) is 38.1 Å². The number of rotatable bonds is 3. The molecule has 0 aromatic carbocycles. The summed E-state index contributed by atoms with van der Waals surface area (Å²) in [5.41, 5.74) is 0. The number of carbonyl (C=O) groups is 1. The van der Waals surface area contributed by atoms with E-state index in [1.807, 2.05) is 4.90 Å². The Labute approximate surface area is 90.6 Å². The van der Waals surface area contributed by atoms with Gasteiger partial charge in [-0.15, -0.1) is 0 Å². The number of nitrogens with zero attached hydrogens (tertiary/aromatic N) is 1. The predicted octanol–water partition coefficient (Wildman–Crippen LogP) is 0.953. The van der Waals surface area contributed by atoms with Crippen LogP contribution in [-0.2, 0) is 0 Å². The lowest BCUT2D eigenvalue weighted by Gasteiger charge is -2.29. The van der Waals surface area contributed by atoms with Crippen molar-refractivity contribution in [2.24, 2.45) is 5.92 Å². The Morgan fingerprint density at radius 1 is 1.40 bits per heavy atom. The van der Waals surface area contributed by atoms with Gasteiger partial charge in [-0.3, -0.25) is 0 Å². The Morgan fingerprint density at radius 3 is 2.80 bits per heavy atom. The smallest absolute Gasteiger partial charge is 0.317 e. The fourth-order valence-corrected chi connectivity index (χ4v) is 2.25. The van der Waals surface area contributed by atoms with Crippen molar-refractivity contribution in [1.29, 1.82) is 0 Å². The van der Waals surface area contributed by atoms with Gasteiger partial charge in [0.2, 0.25) is 0 Å². The van der Waals surface area contributed by atoms with Gasteiger partial charge in [0.15, 0.2) is 0 Å². The van der Waals surface area contributed by atoms with Crippen LogP contribution < -0.4 is 5.32 Å². The molecule has 1 unspecified atom stereocenters. The zero-order chi connectivity index (χ0) is 10.7. The summed E-state index contributed by atoms with van der Waals surface area (Å²) in [5, 5.41) is 11.9. The third-order valence-corrected chi connectivity index (χ3v) is 3.54. The number of carbonyl (C=O) groups excluding carboxylic acids is 1. The Morgan fingerprint density at radius 2 is 2.20 bits per heavy atom. The van der Waals surface area contributed by atoms with E-state index in [1.165, 1.54) is 6.42 Å². The molecule has 1 atom stereocenters. The number of urea groups is 1. The van der Waals surface area contributed by atoms with Gasteiger partial charge in [0.25, 0.3) is 0 Å². The van der Waals surface area contributed by atoms with Gasteiger partial charge in [0.05, 0.1) is 0 Å². The first kappa shape index (κ1) is 10.7. The van der Waals surface area contributed by atoms with Crippen LogP contribution in [0.4, 0.5) is 4.79 Å². The molecule has 0 spiro atoms. The van der Waals surface area contributed by atoms with E-state index >= 15 is 0 Å². The van der Waals surface area contributed by atoms with Crippen LogP contribution in [0.5, 0.6) is 0 Å². The highest BCUT2D eigenvalue weighted by molar-refractivity contribution is 5.74. The second-order valence-corrected chi connectivity index (χ2v) is 4.69. The Hall–Kier alpha value is -0.770. The molecule has 1 aliphatic carbocycles. The molecule has 2 amide bonds. The molecule has 4 nitrogen and oxygen atoms in total. The highest BCUT2D eigenvalue weighted by Gasteiger charge is 2.28. The van der Waals surface area contributed by atoms with Gasteiger partial charge in [-0.25, -0.2) is 4.79 Å². The molecule has 0 aromatic rings. The number of likely N-dealkylation sites (tertiary alicyclic amines) is 1. The molecule has 2 N–H and O–H groups in total. The SMILES string of the molecule is O=C(NC1CCC1)N1CCC(CCO)C1. The van der Waals surface area contributed by atoms with Crippen molar-refractivity contribution >= 4 is 6.03 Å². The zero-order valence-corrected chi connectivity index (χ0v) is 9.11. The van der Waals surface area contributed by atoms with Crippen LogP contribution in [0.3, 0.4) is 0 Å². The normalized spacial score (nSPS) is 26.5. The van der Waals surface area contributed by atoms with E-state index in [4.69, 9.17) is 5.11 Å². The number of hydrogen-bond acceptors (Lipinski definition) is 2. The van der Waals surface area contributed by atoms with E-state index in [0.717, 1.165) is 38.8 Å². The third-order valence-electron chi connectivity index (χ3n) is 3.54. The van der Waals surface area contributed by atoms with Crippen LogP contribution in [0.2, 0.25) is 0 Å². The molecule has 4 heteroatoms. The monoisotopic (exact) mass is 212 g/mol. The molecule has 1 saturated heterocycles. The van der Waals surface area contributed by atoms with Crippen molar-refractivity contribution in [2.75, 3.05) is 19.7 Å². The predicted molar refractivity (Wildman–Crippen MR) is 57.6 cm³/mol. The number of hydrogen-bond donors (Lipinski definition) is 2. The van der Waals surface area contributed by atoms with Crippen LogP contribution in [-0.4, -0.2) is 41.8 Å². The highest BCUT2D eigenvalue weighted by Crippen LogP contribution is 2.21. The Bertz CT molecular complexity index is 229. The third kappa shape index (κ3) is 2.62. The second-order valence-electron chi connectivity index (χ2n) is 4.69. The van der Waals surface area contributed by atoms with Gasteiger partial charge in [-0.05, 0) is 38.0 Å². The molecule has 1 saturated carbocycles. The minimum Gasteiger partial charge on any atom is -0.396 e. The maximum atomic E-state index is 11.8. The maximum Gasteiger partial charge on any atom is 0.317 e. The van der Waals surface area contributed by atoms with E-state index in [1.54, 1.807) is 0 Å². The molecule has 15 heavy (non-hydrogen) atoms. The number of aliphatic hydroxyl groups excluding tert-OH is 1. The van der Waals surface area contributed by atoms with Gasteiger partial charge >= 0.3 is 6.03 Å². The standard InChI is InChI=1S/C11H20N2O2/c14-7-5-9-4-6-13(8-9)11(15)12-10-2-1-3-10/h9-10,14H,1-8H2,(H,12,15). The molecule has 1 heterocycles. The quantitative estimate of drug-likeness (QED) is 0.732. The lowest BCUT2D eigenvalue weighted by atomic mass is 9.93. The lowest BCUT2D eigenvalue weighted by molar-refractivity contribution is 0.193. The van der Waals surface area contributed by atoms with Crippen LogP contribution in [0.25, 0.3) is 0 Å². The summed E-state index contributed by atoms with van der Waals surface area (Å²) in [6.45, 7) is 1.91. The van der Waals surface area contributed by atoms with Gasteiger partial charge in [-0.2, -0.15) is 0 Å². The zero-order valence-electron chi connectivity index (χ0n) is 9.11. The van der Waals surface area contributed by atoms with Crippen LogP contribution in [0, 0.1) is 5.92 Å². The molecule has 2 rings (SSSR count). The van der Waals surface area contributed by atoms with E-state index in [0.29, 0.717) is 12.0 Å². The summed E-state index contributed by atoms with van der Waals surface area (Å²) in [4.78, 5) is 13.6. The number of aliphatic hydroxyl groups is 1. The van der Waals surface area contributed by atoms with Crippen LogP contribution in [0.15, 0.2) is 0 Å². The topological polar surface area (TPSA) is 52.6 Å². The summed E-state index contributed by atoms with van der Waals surface area (Å²) in [7, 11) is 0. The molecule has 2 fully saturated rings. The summed E-state index contributed by atoms with van der Waals surface area (Å²) in [6.07, 6.45) is 5.39. The van der Waals surface area contributed by atoms with Gasteiger partial charge < -0.3 is 15.3 Å². The summed E-state index contributed by atoms with van der Waals surface area (Å²) < 4.78 is 0. The minimum atomic E-state index is 0.0974. The average molecular weight is 212 g/mol. The molecule has 86 valence electrons. The van der Waals surface area contributed by atoms with Crippen molar-refractivity contribution < 1.29 is 9.90 Å². The van der Waals surface area contributed by atoms with Crippen LogP contribution >= 0.6 is 0 Å². The first-order valence-corrected chi connectivity index (χ1v) is 5.96. The van der Waals surface area contributed by atoms with E-state index < -0.39 is 0 Å². The Balaban J connectivity index is 1.71. The summed E-state index contributed by atoms with van der Waals surface area (Å²) >= 11 is 0. The fourth-order valence-electron chi connectivity index (χ4n) is 2.25. The molecular formula is C11H20N2O2. The first-order valence-electron chi connectivity index (χ1n) is 5.96. The molecule has 2 aliphatic rings. The van der Waals surface area contributed by atoms with Gasteiger partial charge in [0.1, 0.15) is 0 Å². The van der Waals surface area contributed by atoms with Gasteiger partial charge in [-0.1, -0.05) is 0 Å². The van der Waals surface area contributed by atoms with E-state index in [-0.39, 0.29) is 12.6 Å². The average Bonchev–Trinajstić information content (AvgIpc) is 2.60. The van der Waals surface area contributed by atoms with Crippen molar-refractivity contribution in [3.63, 3.8) is 0 Å². The highest BCUT2D eigenvalue weighted by atomic mass is 16.3. The number of amides is 2. The van der Waals surface area contributed by atoms with Crippen molar-refractivity contribution in [1.82, 2.24) is 10.2 Å². The fraction of sp³-hybridized carbons (Fsp3) is 0.909. The Kier molecular flexibility index (Phi) is 3.46. The largest absolute Gasteiger partial charge is 0.396 e. The molecule has 0 radical (unpaired) electrons. The van der Waals surface area contributed by atoms with Crippen molar-refractivity contribution in [3.05, 3.63) is 0 Å².